The number of hydrogen-bond donors (Lipinski definition) is 1. The lowest BCUT2D eigenvalue weighted by atomic mass is 10.1. The number of pyridine rings is 1. The third-order valence-electron chi connectivity index (χ3n) is 4.48. The van der Waals surface area contributed by atoms with E-state index in [0.717, 1.165) is 17.4 Å². The van der Waals surface area contributed by atoms with Crippen LogP contribution in [0.3, 0.4) is 0 Å². The predicted octanol–water partition coefficient (Wildman–Crippen LogP) is 4.30. The van der Waals surface area contributed by atoms with E-state index in [1.807, 2.05) is 26.8 Å². The Morgan fingerprint density at radius 3 is 2.71 bits per heavy atom. The largest absolute Gasteiger partial charge is 0.591 e. The molecule has 1 aromatic carbocycles. The molecule has 2 aromatic rings. The maximum absolute atomic E-state index is 12.6. The van der Waals surface area contributed by atoms with Crippen LogP contribution in [0.25, 0.3) is 0 Å². The Kier molecular flexibility index (Phi) is 7.87. The van der Waals surface area contributed by atoms with Crippen LogP contribution in [0.4, 0.5) is 5.69 Å². The molecule has 31 heavy (non-hydrogen) atoms. The number of carboxylic acid groups (broad SMARTS) is 1. The third-order valence-corrected chi connectivity index (χ3v) is 7.41. The van der Waals surface area contributed by atoms with Crippen LogP contribution in [-0.2, 0) is 16.1 Å². The van der Waals surface area contributed by atoms with Gasteiger partial charge < -0.3 is 19.3 Å². The van der Waals surface area contributed by atoms with Gasteiger partial charge in [0.05, 0.1) is 30.0 Å². The SMILES string of the molecule is CC(C)(C)[S+]([O-])/N=C/c1c(N2CCOCC2)ccc(Cl)c1Sc1ncccc1C(=O)O. The Morgan fingerprint density at radius 1 is 1.35 bits per heavy atom. The highest BCUT2D eigenvalue weighted by molar-refractivity contribution is 7.99. The lowest BCUT2D eigenvalue weighted by molar-refractivity contribution is 0.0692. The Morgan fingerprint density at radius 2 is 2.06 bits per heavy atom. The third kappa shape index (κ3) is 5.93. The van der Waals surface area contributed by atoms with Crippen LogP contribution in [0, 0.1) is 0 Å². The molecular weight excluding hydrogens is 458 g/mol. The molecule has 1 aliphatic rings. The fraction of sp³-hybridized carbons (Fsp3) is 0.381. The molecule has 1 saturated heterocycles. The Hall–Kier alpha value is -1.78. The van der Waals surface area contributed by atoms with Gasteiger partial charge in [-0.15, -0.1) is 0 Å². The first-order chi connectivity index (χ1) is 14.7. The fourth-order valence-corrected chi connectivity index (χ4v) is 4.66. The summed E-state index contributed by atoms with van der Waals surface area (Å²) < 4.78 is 21.8. The number of halogens is 1. The van der Waals surface area contributed by atoms with E-state index in [2.05, 4.69) is 14.3 Å². The van der Waals surface area contributed by atoms with Crippen molar-refractivity contribution in [2.24, 2.45) is 4.40 Å². The van der Waals surface area contributed by atoms with Crippen LogP contribution in [-0.4, -0.2) is 57.9 Å². The molecule has 1 fully saturated rings. The first-order valence-corrected chi connectivity index (χ1v) is 12.0. The Balaban J connectivity index is 2.11. The monoisotopic (exact) mass is 481 g/mol. The molecule has 10 heteroatoms. The lowest BCUT2D eigenvalue weighted by Crippen LogP contribution is -2.37. The normalized spacial score (nSPS) is 16.0. The van der Waals surface area contributed by atoms with Crippen molar-refractivity contribution >= 4 is 52.6 Å². The van der Waals surface area contributed by atoms with Gasteiger partial charge in [-0.25, -0.2) is 9.78 Å². The first-order valence-electron chi connectivity index (χ1n) is 9.66. The molecule has 1 N–H and O–H groups in total. The van der Waals surface area contributed by atoms with Crippen LogP contribution < -0.4 is 4.90 Å². The summed E-state index contributed by atoms with van der Waals surface area (Å²) in [6.45, 7) is 8.13. The molecule has 0 radical (unpaired) electrons. The topological polar surface area (TPSA) is 98.1 Å². The van der Waals surface area contributed by atoms with Crippen LogP contribution in [0.5, 0.6) is 0 Å². The van der Waals surface area contributed by atoms with E-state index in [1.165, 1.54) is 12.3 Å². The van der Waals surface area contributed by atoms with E-state index in [1.54, 1.807) is 18.3 Å². The van der Waals surface area contributed by atoms with E-state index in [-0.39, 0.29) is 5.56 Å². The summed E-state index contributed by atoms with van der Waals surface area (Å²) >= 11 is 6.25. The van der Waals surface area contributed by atoms with Gasteiger partial charge in [-0.1, -0.05) is 27.8 Å². The molecule has 0 spiro atoms. The second kappa shape index (κ2) is 10.2. The number of aromatic nitrogens is 1. The summed E-state index contributed by atoms with van der Waals surface area (Å²) in [5, 5.41) is 10.3. The van der Waals surface area contributed by atoms with Crippen LogP contribution in [0.1, 0.15) is 36.7 Å². The second-order valence-corrected chi connectivity index (χ2v) is 11.1. The van der Waals surface area contributed by atoms with E-state index < -0.39 is 22.1 Å². The zero-order chi connectivity index (χ0) is 22.6. The highest BCUT2D eigenvalue weighted by Crippen LogP contribution is 2.40. The molecule has 0 bridgehead atoms. The number of ether oxygens (including phenoxy) is 1. The van der Waals surface area contributed by atoms with Gasteiger partial charge in [0.25, 0.3) is 0 Å². The number of hydrogen-bond acceptors (Lipinski definition) is 7. The average molecular weight is 482 g/mol. The zero-order valence-corrected chi connectivity index (χ0v) is 19.9. The quantitative estimate of drug-likeness (QED) is 0.485. The van der Waals surface area contributed by atoms with Crippen LogP contribution in [0.15, 0.2) is 44.8 Å². The maximum atomic E-state index is 12.6. The number of carboxylic acids is 1. The van der Waals surface area contributed by atoms with Gasteiger partial charge >= 0.3 is 5.97 Å². The molecule has 1 aliphatic heterocycles. The molecule has 166 valence electrons. The second-order valence-electron chi connectivity index (χ2n) is 7.77. The zero-order valence-electron chi connectivity index (χ0n) is 17.5. The summed E-state index contributed by atoms with van der Waals surface area (Å²) in [4.78, 5) is 18.7. The van der Waals surface area contributed by atoms with E-state index in [0.29, 0.717) is 46.8 Å². The van der Waals surface area contributed by atoms with Gasteiger partial charge in [0.15, 0.2) is 0 Å². The van der Waals surface area contributed by atoms with Gasteiger partial charge in [0.1, 0.15) is 21.1 Å². The smallest absolute Gasteiger partial charge is 0.338 e. The highest BCUT2D eigenvalue weighted by Gasteiger charge is 2.27. The molecule has 0 amide bonds. The minimum Gasteiger partial charge on any atom is -0.591 e. The molecule has 1 atom stereocenters. The van der Waals surface area contributed by atoms with Crippen molar-refractivity contribution in [1.29, 1.82) is 0 Å². The fourth-order valence-electron chi connectivity index (χ4n) is 2.86. The molecular formula is C21H24ClN3O4S2. The molecule has 2 heterocycles. The lowest BCUT2D eigenvalue weighted by Gasteiger charge is -2.31. The van der Waals surface area contributed by atoms with Crippen molar-refractivity contribution in [2.45, 2.75) is 35.4 Å². The van der Waals surface area contributed by atoms with Crippen molar-refractivity contribution < 1.29 is 19.2 Å². The van der Waals surface area contributed by atoms with Crippen molar-refractivity contribution in [1.82, 2.24) is 4.98 Å². The summed E-state index contributed by atoms with van der Waals surface area (Å²) in [5.74, 6) is -1.07. The van der Waals surface area contributed by atoms with Gasteiger partial charge in [-0.05, 0) is 45.0 Å². The number of anilines is 1. The van der Waals surface area contributed by atoms with Crippen LogP contribution >= 0.6 is 23.4 Å². The van der Waals surface area contributed by atoms with E-state index >= 15 is 0 Å². The summed E-state index contributed by atoms with van der Waals surface area (Å²) in [5.41, 5.74) is 1.64. The number of morpholine rings is 1. The number of aromatic carboxylic acids is 1. The summed E-state index contributed by atoms with van der Waals surface area (Å²) in [6.07, 6.45) is 3.11. The molecule has 1 unspecified atom stereocenters. The van der Waals surface area contributed by atoms with Gasteiger partial charge in [0, 0.05) is 35.4 Å². The Bertz CT molecular complexity index is 976. The molecule has 7 nitrogen and oxygen atoms in total. The van der Waals surface area contributed by atoms with Gasteiger partial charge in [-0.2, -0.15) is 0 Å². The van der Waals surface area contributed by atoms with Crippen molar-refractivity contribution in [2.75, 3.05) is 31.2 Å². The summed E-state index contributed by atoms with van der Waals surface area (Å²) in [6, 6.07) is 6.75. The number of rotatable bonds is 6. The maximum Gasteiger partial charge on any atom is 0.338 e. The summed E-state index contributed by atoms with van der Waals surface area (Å²) in [7, 11) is 0. The van der Waals surface area contributed by atoms with Crippen LogP contribution in [0.2, 0.25) is 5.02 Å². The molecule has 1 aromatic heterocycles. The molecule has 0 saturated carbocycles. The van der Waals surface area contributed by atoms with Crippen molar-refractivity contribution in [3.8, 4) is 0 Å². The van der Waals surface area contributed by atoms with Crippen molar-refractivity contribution in [3.05, 3.63) is 46.6 Å². The van der Waals surface area contributed by atoms with E-state index in [9.17, 15) is 14.5 Å². The average Bonchev–Trinajstić information content (AvgIpc) is 2.74. The Labute approximate surface area is 194 Å². The number of nitrogens with zero attached hydrogens (tertiary/aromatic N) is 3. The van der Waals surface area contributed by atoms with Gasteiger partial charge in [0.2, 0.25) is 0 Å². The first kappa shape index (κ1) is 23.9. The minimum atomic E-state index is -1.46. The van der Waals surface area contributed by atoms with E-state index in [4.69, 9.17) is 16.3 Å². The highest BCUT2D eigenvalue weighted by atomic mass is 35.5. The standard InChI is InChI=1S/C21H24ClN3O4S2/c1-21(2,3)31(28)24-13-15-17(25-9-11-29-12-10-25)7-6-16(22)18(15)30-19-14(20(26)27)5-4-8-23-19/h4-8,13H,9-12H2,1-3H3,(H,26,27)/b24-13+. The molecule has 0 aliphatic carbocycles. The minimum absolute atomic E-state index is 0.0847. The van der Waals surface area contributed by atoms with Gasteiger partial charge in [-0.3, -0.25) is 0 Å². The number of carbonyl (C=O) groups is 1. The van der Waals surface area contributed by atoms with Crippen molar-refractivity contribution in [3.63, 3.8) is 0 Å². The molecule has 3 rings (SSSR count). The number of benzene rings is 1. The predicted molar refractivity (Wildman–Crippen MR) is 125 cm³/mol.